The van der Waals surface area contributed by atoms with Crippen LogP contribution >= 0.6 is 0 Å². The Hall–Kier alpha value is -0.280. The molecule has 134 valence electrons. The van der Waals surface area contributed by atoms with Crippen LogP contribution in [0.4, 0.5) is 0 Å². The molecule has 0 heterocycles. The summed E-state index contributed by atoms with van der Waals surface area (Å²) in [6, 6.07) is 0. The molecule has 0 aromatic rings. The highest BCUT2D eigenvalue weighted by Gasteiger charge is 2.14. The summed E-state index contributed by atoms with van der Waals surface area (Å²) in [6.45, 7) is 6.50. The molecule has 3 N–H and O–H groups in total. The summed E-state index contributed by atoms with van der Waals surface area (Å²) in [5, 5.41) is 26.3. The number of hydrogen-bond acceptors (Lipinski definition) is 7. The van der Waals surface area contributed by atoms with E-state index in [4.69, 9.17) is 29.5 Å². The van der Waals surface area contributed by atoms with Gasteiger partial charge in [-0.05, 0) is 6.42 Å². The molecule has 0 aromatic heterocycles. The highest BCUT2D eigenvalue weighted by molar-refractivity contribution is 4.66. The van der Waals surface area contributed by atoms with Crippen LogP contribution < -0.4 is 0 Å². The highest BCUT2D eigenvalue weighted by atomic mass is 16.5. The predicted molar refractivity (Wildman–Crippen MR) is 84.0 cm³/mol. The summed E-state index contributed by atoms with van der Waals surface area (Å²) >= 11 is 0. The Labute approximate surface area is 133 Å². The quantitative estimate of drug-likeness (QED) is 0.310. The standard InChI is InChI=1S/C15H33NO6/c1-2-3-15(22-13-8-19)14-16(4-9-20-11-6-17)5-10-21-12-7-18/h15,17-19H,2-14H2,1H3. The van der Waals surface area contributed by atoms with Crippen LogP contribution in [0.25, 0.3) is 0 Å². The van der Waals surface area contributed by atoms with E-state index in [-0.39, 0.29) is 25.9 Å². The van der Waals surface area contributed by atoms with Gasteiger partial charge in [0.25, 0.3) is 0 Å². The molecule has 1 unspecified atom stereocenters. The Balaban J connectivity index is 4.18. The van der Waals surface area contributed by atoms with Crippen LogP contribution in [0.1, 0.15) is 19.8 Å². The van der Waals surface area contributed by atoms with E-state index in [0.717, 1.165) is 32.5 Å². The zero-order valence-corrected chi connectivity index (χ0v) is 13.8. The van der Waals surface area contributed by atoms with Gasteiger partial charge in [-0.15, -0.1) is 0 Å². The lowest BCUT2D eigenvalue weighted by molar-refractivity contribution is -0.0109. The summed E-state index contributed by atoms with van der Waals surface area (Å²) < 4.78 is 16.3. The maximum Gasteiger partial charge on any atom is 0.0703 e. The van der Waals surface area contributed by atoms with Crippen LogP contribution in [0.5, 0.6) is 0 Å². The van der Waals surface area contributed by atoms with Crippen LogP contribution in [0.2, 0.25) is 0 Å². The van der Waals surface area contributed by atoms with E-state index in [1.807, 2.05) is 0 Å². The third kappa shape index (κ3) is 13.4. The molecule has 22 heavy (non-hydrogen) atoms. The van der Waals surface area contributed by atoms with E-state index in [1.54, 1.807) is 0 Å². The Morgan fingerprint density at radius 1 is 0.818 bits per heavy atom. The fraction of sp³-hybridized carbons (Fsp3) is 1.00. The molecule has 0 aliphatic rings. The number of hydrogen-bond donors (Lipinski definition) is 3. The minimum atomic E-state index is 0.0255. The van der Waals surface area contributed by atoms with Gasteiger partial charge in [-0.25, -0.2) is 0 Å². The van der Waals surface area contributed by atoms with E-state index in [1.165, 1.54) is 0 Å². The minimum Gasteiger partial charge on any atom is -0.394 e. The Bertz CT molecular complexity index is 208. The van der Waals surface area contributed by atoms with Crippen molar-refractivity contribution in [2.24, 2.45) is 0 Å². The molecular formula is C15H33NO6. The molecule has 0 saturated carbocycles. The lowest BCUT2D eigenvalue weighted by Gasteiger charge is -2.27. The van der Waals surface area contributed by atoms with Gasteiger partial charge in [-0.3, -0.25) is 4.90 Å². The van der Waals surface area contributed by atoms with E-state index < -0.39 is 0 Å². The number of aliphatic hydroxyl groups is 3. The lowest BCUT2D eigenvalue weighted by Crippen LogP contribution is -2.39. The van der Waals surface area contributed by atoms with Crippen molar-refractivity contribution in [3.63, 3.8) is 0 Å². The van der Waals surface area contributed by atoms with Crippen LogP contribution in [0, 0.1) is 0 Å². The molecule has 1 atom stereocenters. The first-order chi connectivity index (χ1) is 10.8. The van der Waals surface area contributed by atoms with Crippen molar-refractivity contribution in [3.05, 3.63) is 0 Å². The number of nitrogens with zero attached hydrogens (tertiary/aromatic N) is 1. The van der Waals surface area contributed by atoms with Gasteiger partial charge in [-0.1, -0.05) is 13.3 Å². The predicted octanol–water partition coefficient (Wildman–Crippen LogP) is -0.516. The molecule has 0 radical (unpaired) electrons. The summed E-state index contributed by atoms with van der Waals surface area (Å²) in [5.74, 6) is 0. The smallest absolute Gasteiger partial charge is 0.0703 e. The number of aliphatic hydroxyl groups excluding tert-OH is 3. The molecule has 0 bridgehead atoms. The van der Waals surface area contributed by atoms with Gasteiger partial charge in [0.1, 0.15) is 0 Å². The fourth-order valence-electron chi connectivity index (χ4n) is 2.07. The average molecular weight is 323 g/mol. The molecule has 7 nitrogen and oxygen atoms in total. The number of ether oxygens (including phenoxy) is 3. The van der Waals surface area contributed by atoms with Crippen molar-refractivity contribution >= 4 is 0 Å². The summed E-state index contributed by atoms with van der Waals surface area (Å²) in [7, 11) is 0. The zero-order valence-electron chi connectivity index (χ0n) is 13.8. The van der Waals surface area contributed by atoms with Crippen molar-refractivity contribution in [1.82, 2.24) is 4.90 Å². The maximum absolute atomic E-state index is 8.89. The van der Waals surface area contributed by atoms with Gasteiger partial charge in [0.2, 0.25) is 0 Å². The van der Waals surface area contributed by atoms with Crippen molar-refractivity contribution in [2.45, 2.75) is 25.9 Å². The van der Waals surface area contributed by atoms with Crippen molar-refractivity contribution in [2.75, 3.05) is 72.5 Å². The van der Waals surface area contributed by atoms with Gasteiger partial charge < -0.3 is 29.5 Å². The summed E-state index contributed by atoms with van der Waals surface area (Å²) in [5.41, 5.74) is 0. The molecular weight excluding hydrogens is 290 g/mol. The van der Waals surface area contributed by atoms with Gasteiger partial charge >= 0.3 is 0 Å². The van der Waals surface area contributed by atoms with E-state index in [0.29, 0.717) is 33.0 Å². The van der Waals surface area contributed by atoms with E-state index in [9.17, 15) is 0 Å². The first kappa shape index (κ1) is 21.7. The van der Waals surface area contributed by atoms with Crippen LogP contribution in [0.15, 0.2) is 0 Å². The molecule has 0 aromatic carbocycles. The monoisotopic (exact) mass is 323 g/mol. The lowest BCUT2D eigenvalue weighted by atomic mass is 10.2. The van der Waals surface area contributed by atoms with Crippen LogP contribution in [-0.2, 0) is 14.2 Å². The van der Waals surface area contributed by atoms with Crippen molar-refractivity contribution in [1.29, 1.82) is 0 Å². The van der Waals surface area contributed by atoms with Gasteiger partial charge in [0, 0.05) is 19.6 Å². The molecule has 0 aliphatic carbocycles. The first-order valence-electron chi connectivity index (χ1n) is 8.10. The Morgan fingerprint density at radius 3 is 1.82 bits per heavy atom. The molecule has 0 rings (SSSR count). The van der Waals surface area contributed by atoms with Gasteiger partial charge in [0.15, 0.2) is 0 Å². The van der Waals surface area contributed by atoms with Crippen molar-refractivity contribution < 1.29 is 29.5 Å². The zero-order chi connectivity index (χ0) is 16.5. The van der Waals surface area contributed by atoms with Crippen LogP contribution in [-0.4, -0.2) is 98.8 Å². The highest BCUT2D eigenvalue weighted by Crippen LogP contribution is 2.05. The molecule has 0 spiro atoms. The summed E-state index contributed by atoms with van der Waals surface area (Å²) in [4.78, 5) is 2.19. The Morgan fingerprint density at radius 2 is 1.36 bits per heavy atom. The largest absolute Gasteiger partial charge is 0.394 e. The fourth-order valence-corrected chi connectivity index (χ4v) is 2.07. The molecule has 0 fully saturated rings. The summed E-state index contributed by atoms with van der Waals surface area (Å²) in [6.07, 6.45) is 2.03. The third-order valence-corrected chi connectivity index (χ3v) is 3.09. The molecule has 7 heteroatoms. The maximum atomic E-state index is 8.89. The second-order valence-corrected chi connectivity index (χ2v) is 4.98. The Kier molecular flexibility index (Phi) is 16.9. The van der Waals surface area contributed by atoms with Gasteiger partial charge in [0.05, 0.1) is 59.0 Å². The van der Waals surface area contributed by atoms with Crippen molar-refractivity contribution in [3.8, 4) is 0 Å². The van der Waals surface area contributed by atoms with Crippen LogP contribution in [0.3, 0.4) is 0 Å². The average Bonchev–Trinajstić information content (AvgIpc) is 2.53. The topological polar surface area (TPSA) is 91.6 Å². The molecule has 0 aliphatic heterocycles. The minimum absolute atomic E-state index is 0.0255. The number of rotatable bonds is 17. The normalized spacial score (nSPS) is 13.0. The third-order valence-electron chi connectivity index (χ3n) is 3.09. The second kappa shape index (κ2) is 17.1. The van der Waals surface area contributed by atoms with E-state index >= 15 is 0 Å². The van der Waals surface area contributed by atoms with E-state index in [2.05, 4.69) is 11.8 Å². The van der Waals surface area contributed by atoms with Gasteiger partial charge in [-0.2, -0.15) is 0 Å². The molecule has 0 saturated heterocycles. The molecule has 0 amide bonds. The SMILES string of the molecule is CCCC(CN(CCOCCO)CCOCCO)OCCO. The first-order valence-corrected chi connectivity index (χ1v) is 8.10. The second-order valence-electron chi connectivity index (χ2n) is 4.98.